The molecule has 170 valence electrons. The fourth-order valence-electron chi connectivity index (χ4n) is 3.64. The summed E-state index contributed by atoms with van der Waals surface area (Å²) >= 11 is 0. The third-order valence-electron chi connectivity index (χ3n) is 5.60. The first kappa shape index (κ1) is 22.6. The van der Waals surface area contributed by atoms with Gasteiger partial charge in [-0.2, -0.15) is 0 Å². The fraction of sp³-hybridized carbons (Fsp3) is 0.409. The number of carbonyl (C=O) groups excluding carboxylic acids is 1. The summed E-state index contributed by atoms with van der Waals surface area (Å²) in [6, 6.07) is 12.0. The van der Waals surface area contributed by atoms with Gasteiger partial charge in [0, 0.05) is 63.9 Å². The third kappa shape index (κ3) is 4.76. The molecular formula is C22H27N4O5P. The Morgan fingerprint density at radius 1 is 1.16 bits per heavy atom. The van der Waals surface area contributed by atoms with E-state index in [2.05, 4.69) is 0 Å². The third-order valence-corrected chi connectivity index (χ3v) is 8.42. The molecule has 0 spiro atoms. The van der Waals surface area contributed by atoms with Gasteiger partial charge in [-0.1, -0.05) is 12.1 Å². The van der Waals surface area contributed by atoms with Crippen LogP contribution in [-0.4, -0.2) is 65.3 Å². The van der Waals surface area contributed by atoms with Gasteiger partial charge >= 0.3 is 7.67 Å². The zero-order valence-electron chi connectivity index (χ0n) is 18.4. The molecule has 9 nitrogen and oxygen atoms in total. The van der Waals surface area contributed by atoms with E-state index >= 15 is 0 Å². The zero-order valence-corrected chi connectivity index (χ0v) is 19.3. The van der Waals surface area contributed by atoms with Crippen molar-refractivity contribution in [1.29, 1.82) is 0 Å². The molecule has 0 saturated carbocycles. The summed E-state index contributed by atoms with van der Waals surface area (Å²) in [5.41, 5.74) is 2.58. The van der Waals surface area contributed by atoms with E-state index < -0.39 is 18.7 Å². The largest absolute Gasteiger partial charge is 0.346 e. The Morgan fingerprint density at radius 3 is 2.38 bits per heavy atom. The topological polar surface area (TPSA) is 95.8 Å². The van der Waals surface area contributed by atoms with E-state index in [1.165, 1.54) is 11.0 Å². The number of nitrogens with zero attached hydrogens (tertiary/aromatic N) is 4. The van der Waals surface area contributed by atoms with E-state index in [4.69, 9.17) is 4.52 Å². The predicted molar refractivity (Wildman–Crippen MR) is 121 cm³/mol. The number of carbonyl (C=O) groups is 1. The second kappa shape index (κ2) is 8.75. The maximum Gasteiger partial charge on any atom is 0.346 e. The van der Waals surface area contributed by atoms with Gasteiger partial charge in [-0.15, -0.1) is 0 Å². The highest BCUT2D eigenvalue weighted by molar-refractivity contribution is 7.54. The Hall–Kier alpha value is -2.58. The van der Waals surface area contributed by atoms with Crippen LogP contribution in [0.4, 0.5) is 5.69 Å². The second-order valence-electron chi connectivity index (χ2n) is 8.37. The summed E-state index contributed by atoms with van der Waals surface area (Å²) in [6.07, 6.45) is -0.190. The summed E-state index contributed by atoms with van der Waals surface area (Å²) in [5.74, 6) is -0.127. The van der Waals surface area contributed by atoms with Crippen molar-refractivity contribution in [3.05, 3.63) is 74.8 Å². The number of nitro benzene ring substituents is 1. The molecule has 2 aliphatic rings. The number of amides is 1. The van der Waals surface area contributed by atoms with Crippen LogP contribution in [0.1, 0.15) is 40.1 Å². The molecule has 0 aliphatic carbocycles. The van der Waals surface area contributed by atoms with Crippen LogP contribution in [0.15, 0.2) is 42.5 Å². The van der Waals surface area contributed by atoms with Gasteiger partial charge in [-0.05, 0) is 42.3 Å². The first-order chi connectivity index (χ1) is 15.2. The molecule has 1 atom stereocenters. The lowest BCUT2D eigenvalue weighted by molar-refractivity contribution is -0.385. The summed E-state index contributed by atoms with van der Waals surface area (Å²) in [4.78, 5) is 25.0. The average molecular weight is 458 g/mol. The quantitative estimate of drug-likeness (QED) is 0.245. The van der Waals surface area contributed by atoms with Gasteiger partial charge in [0.1, 0.15) is 0 Å². The van der Waals surface area contributed by atoms with Crippen LogP contribution in [-0.2, 0) is 15.5 Å². The monoisotopic (exact) mass is 458 g/mol. The molecule has 32 heavy (non-hydrogen) atoms. The molecule has 10 heteroatoms. The molecule has 4 rings (SSSR count). The Bertz CT molecular complexity index is 1080. The van der Waals surface area contributed by atoms with Gasteiger partial charge in [-0.25, -0.2) is 9.34 Å². The predicted octanol–water partition coefficient (Wildman–Crippen LogP) is 3.70. The van der Waals surface area contributed by atoms with E-state index in [9.17, 15) is 19.5 Å². The van der Waals surface area contributed by atoms with Gasteiger partial charge in [0.05, 0.1) is 11.0 Å². The molecule has 0 radical (unpaired) electrons. The SMILES string of the molecule is C[C@H](OP(=O)(N1CC1)N1CC1)c1ccc([N+](=O)[O-])c(Cc2cccc(C(=O)N(C)C)c2)c1. The van der Waals surface area contributed by atoms with Crippen LogP contribution >= 0.6 is 7.67 Å². The normalized spacial score (nSPS) is 17.1. The zero-order chi connectivity index (χ0) is 23.0. The molecular weight excluding hydrogens is 431 g/mol. The molecule has 0 N–H and O–H groups in total. The molecule has 0 bridgehead atoms. The van der Waals surface area contributed by atoms with Gasteiger partial charge in [0.15, 0.2) is 0 Å². The number of hydrogen-bond donors (Lipinski definition) is 0. The minimum Gasteiger partial charge on any atom is -0.345 e. The Kier molecular flexibility index (Phi) is 6.18. The molecule has 2 aliphatic heterocycles. The van der Waals surface area contributed by atoms with E-state index in [1.54, 1.807) is 44.4 Å². The highest BCUT2D eigenvalue weighted by atomic mass is 31.2. The summed E-state index contributed by atoms with van der Waals surface area (Å²) in [5, 5.41) is 11.6. The van der Waals surface area contributed by atoms with E-state index in [-0.39, 0.29) is 11.6 Å². The minimum atomic E-state index is -3.01. The maximum atomic E-state index is 13.3. The second-order valence-corrected chi connectivity index (χ2v) is 10.7. The molecule has 2 saturated heterocycles. The fourth-order valence-corrected chi connectivity index (χ4v) is 5.99. The van der Waals surface area contributed by atoms with Crippen LogP contribution in [0.3, 0.4) is 0 Å². The smallest absolute Gasteiger partial charge is 0.345 e. The molecule has 2 fully saturated rings. The van der Waals surface area contributed by atoms with Crippen LogP contribution in [0.2, 0.25) is 0 Å². The van der Waals surface area contributed by atoms with Crippen molar-refractivity contribution in [3.63, 3.8) is 0 Å². The molecule has 2 aromatic carbocycles. The van der Waals surface area contributed by atoms with Crippen molar-refractivity contribution in [2.75, 3.05) is 40.3 Å². The van der Waals surface area contributed by atoms with Crippen molar-refractivity contribution in [2.24, 2.45) is 0 Å². The minimum absolute atomic E-state index is 0.00496. The Balaban J connectivity index is 1.60. The Morgan fingerprint density at radius 2 is 1.81 bits per heavy atom. The summed E-state index contributed by atoms with van der Waals surface area (Å²) in [7, 11) is 0.349. The maximum absolute atomic E-state index is 13.3. The first-order valence-electron chi connectivity index (χ1n) is 10.6. The highest BCUT2D eigenvalue weighted by Gasteiger charge is 2.50. The van der Waals surface area contributed by atoms with Crippen molar-refractivity contribution < 1.29 is 18.8 Å². The average Bonchev–Trinajstić information content (AvgIpc) is 3.65. The van der Waals surface area contributed by atoms with Crippen molar-refractivity contribution in [1.82, 2.24) is 14.2 Å². The highest BCUT2D eigenvalue weighted by Crippen LogP contribution is 2.63. The lowest BCUT2D eigenvalue weighted by atomic mass is 9.98. The molecule has 2 aromatic rings. The number of rotatable bonds is 9. The van der Waals surface area contributed by atoms with Crippen LogP contribution in [0.5, 0.6) is 0 Å². The van der Waals surface area contributed by atoms with Gasteiger partial charge < -0.3 is 4.90 Å². The molecule has 0 unspecified atom stereocenters. The van der Waals surface area contributed by atoms with E-state index in [0.29, 0.717) is 17.5 Å². The van der Waals surface area contributed by atoms with Crippen molar-refractivity contribution in [3.8, 4) is 0 Å². The standard InChI is InChI=1S/C22H27N4O5P/c1-16(31-32(30,24-9-10-24)25-11-12-25)18-7-8-21(26(28)29)20(15-18)14-17-5-4-6-19(13-17)22(27)23(2)3/h4-8,13,15-16H,9-12,14H2,1-3H3/t16-/m0/s1. The summed E-state index contributed by atoms with van der Waals surface area (Å²) < 4.78 is 23.0. The lowest BCUT2D eigenvalue weighted by Crippen LogP contribution is -2.21. The van der Waals surface area contributed by atoms with Crippen LogP contribution in [0, 0.1) is 10.1 Å². The van der Waals surface area contributed by atoms with Gasteiger partial charge in [0.25, 0.3) is 11.6 Å². The van der Waals surface area contributed by atoms with Crippen molar-refractivity contribution >= 4 is 19.3 Å². The van der Waals surface area contributed by atoms with Crippen LogP contribution < -0.4 is 0 Å². The van der Waals surface area contributed by atoms with Gasteiger partial charge in [0.2, 0.25) is 0 Å². The number of hydrogen-bond acceptors (Lipinski definition) is 5. The number of nitro groups is 1. The first-order valence-corrected chi connectivity index (χ1v) is 12.1. The van der Waals surface area contributed by atoms with E-state index in [1.807, 2.05) is 22.3 Å². The van der Waals surface area contributed by atoms with Crippen molar-refractivity contribution in [2.45, 2.75) is 19.4 Å². The molecule has 2 heterocycles. The van der Waals surface area contributed by atoms with Gasteiger partial charge in [-0.3, -0.25) is 24.0 Å². The van der Waals surface area contributed by atoms with E-state index in [0.717, 1.165) is 37.3 Å². The Labute approximate surface area is 187 Å². The molecule has 1 amide bonds. The summed E-state index contributed by atoms with van der Waals surface area (Å²) in [6.45, 7) is 4.85. The molecule has 0 aromatic heterocycles. The number of benzene rings is 2. The van der Waals surface area contributed by atoms with Crippen LogP contribution in [0.25, 0.3) is 0 Å². The lowest BCUT2D eigenvalue weighted by Gasteiger charge is -2.24.